The van der Waals surface area contributed by atoms with Gasteiger partial charge in [0.2, 0.25) is 0 Å². The Morgan fingerprint density at radius 2 is 1.91 bits per heavy atom. The van der Waals surface area contributed by atoms with Gasteiger partial charge in [0.25, 0.3) is 11.8 Å². The molecule has 9 heteroatoms. The molecule has 0 bridgehead atoms. The Balaban J connectivity index is 1.50. The summed E-state index contributed by atoms with van der Waals surface area (Å²) in [5.41, 5.74) is 3.98. The summed E-state index contributed by atoms with van der Waals surface area (Å²) in [5.74, 6) is -0.372. The number of fused-ring (bicyclic) bond motifs is 1. The van der Waals surface area contributed by atoms with E-state index in [1.54, 1.807) is 18.5 Å². The summed E-state index contributed by atoms with van der Waals surface area (Å²) in [5, 5.41) is 6.56. The molecule has 0 atom stereocenters. The molecular weight excluding hydrogens is 470 g/mol. The Bertz CT molecular complexity index is 1370. The van der Waals surface area contributed by atoms with Crippen molar-refractivity contribution in [1.82, 2.24) is 25.6 Å². The molecule has 0 saturated carbocycles. The molecule has 4 rings (SSSR count). The van der Waals surface area contributed by atoms with Crippen molar-refractivity contribution in [3.05, 3.63) is 69.3 Å². The van der Waals surface area contributed by atoms with Gasteiger partial charge in [-0.15, -0.1) is 11.3 Å². The van der Waals surface area contributed by atoms with Crippen LogP contribution in [-0.2, 0) is 6.54 Å². The van der Waals surface area contributed by atoms with Crippen molar-refractivity contribution >= 4 is 45.9 Å². The maximum atomic E-state index is 12.7. The van der Waals surface area contributed by atoms with E-state index in [-0.39, 0.29) is 17.2 Å². The van der Waals surface area contributed by atoms with E-state index in [0.29, 0.717) is 45.4 Å². The van der Waals surface area contributed by atoms with Crippen LogP contribution in [0.15, 0.2) is 42.7 Å². The highest BCUT2D eigenvalue weighted by Gasteiger charge is 2.19. The van der Waals surface area contributed by atoms with Gasteiger partial charge in [-0.05, 0) is 41.7 Å². The van der Waals surface area contributed by atoms with Gasteiger partial charge in [0, 0.05) is 24.3 Å². The number of nitrogens with zero attached hydrogens (tertiary/aromatic N) is 2. The third-order valence-electron chi connectivity index (χ3n) is 5.31. The summed E-state index contributed by atoms with van der Waals surface area (Å²) in [7, 11) is 0. The molecule has 3 heterocycles. The molecule has 1 aromatic carbocycles. The fraction of sp³-hybridized carbons (Fsp3) is 0.280. The molecule has 0 aliphatic rings. The van der Waals surface area contributed by atoms with E-state index in [0.717, 1.165) is 16.0 Å². The van der Waals surface area contributed by atoms with Crippen molar-refractivity contribution in [2.45, 2.75) is 34.2 Å². The molecule has 0 spiro atoms. The van der Waals surface area contributed by atoms with Crippen LogP contribution in [0.1, 0.15) is 51.9 Å². The molecule has 2 amide bonds. The van der Waals surface area contributed by atoms with E-state index in [9.17, 15) is 9.59 Å². The highest BCUT2D eigenvalue weighted by Crippen LogP contribution is 2.28. The van der Waals surface area contributed by atoms with E-state index >= 15 is 0 Å². The summed E-state index contributed by atoms with van der Waals surface area (Å²) >= 11 is 7.49. The maximum absolute atomic E-state index is 12.7. The van der Waals surface area contributed by atoms with Crippen LogP contribution in [0.4, 0.5) is 0 Å². The van der Waals surface area contributed by atoms with E-state index < -0.39 is 0 Å². The zero-order chi connectivity index (χ0) is 24.5. The normalized spacial score (nSPS) is 11.6. The van der Waals surface area contributed by atoms with E-state index in [1.165, 1.54) is 11.3 Å². The third kappa shape index (κ3) is 5.29. The minimum absolute atomic E-state index is 0.0297. The molecule has 0 fully saturated rings. The maximum Gasteiger partial charge on any atom is 0.261 e. The van der Waals surface area contributed by atoms with Gasteiger partial charge in [0.15, 0.2) is 5.65 Å². The van der Waals surface area contributed by atoms with Crippen molar-refractivity contribution in [1.29, 1.82) is 0 Å². The minimum atomic E-state index is -0.199. The monoisotopic (exact) mass is 495 g/mol. The van der Waals surface area contributed by atoms with Crippen LogP contribution >= 0.6 is 22.9 Å². The third-order valence-corrected chi connectivity index (χ3v) is 6.82. The fourth-order valence-corrected chi connectivity index (χ4v) is 4.40. The van der Waals surface area contributed by atoms with Gasteiger partial charge in [-0.2, -0.15) is 0 Å². The molecule has 0 radical (unpaired) electrons. The van der Waals surface area contributed by atoms with Crippen LogP contribution in [0, 0.1) is 12.3 Å². The number of amides is 2. The number of benzene rings is 1. The SMILES string of the molecule is Cc1c(Cl)cccc1CNC(=O)c1ccc(-c2cnc3[nH]cc(C(=O)NCC(C)(C)C)c3n2)s1. The summed E-state index contributed by atoms with van der Waals surface area (Å²) < 4.78 is 0. The average molecular weight is 496 g/mol. The molecule has 4 aromatic rings. The summed E-state index contributed by atoms with van der Waals surface area (Å²) in [6.07, 6.45) is 3.26. The number of halogens is 1. The highest BCUT2D eigenvalue weighted by molar-refractivity contribution is 7.17. The summed E-state index contributed by atoms with van der Waals surface area (Å²) in [6.45, 7) is 9.04. The Hall–Kier alpha value is -3.23. The number of thiophene rings is 1. The molecular formula is C25H26ClN5O2S. The number of nitrogens with one attached hydrogen (secondary N) is 3. The number of H-pyrrole nitrogens is 1. The smallest absolute Gasteiger partial charge is 0.261 e. The molecule has 3 aromatic heterocycles. The first-order chi connectivity index (χ1) is 16.1. The van der Waals surface area contributed by atoms with Crippen molar-refractivity contribution in [3.8, 4) is 10.6 Å². The van der Waals surface area contributed by atoms with Gasteiger partial charge >= 0.3 is 0 Å². The lowest BCUT2D eigenvalue weighted by atomic mass is 9.97. The standard InChI is InChI=1S/C25H26ClN5O2S/c1-14-15(6-5-7-17(14)26)10-29-24(33)20-9-8-19(34-20)18-12-28-22-21(31-18)16(11-27-22)23(32)30-13-25(2,3)4/h5-9,11-12H,10,13H2,1-4H3,(H,27,28)(H,29,33)(H,30,32). The predicted molar refractivity (Wildman–Crippen MR) is 136 cm³/mol. The molecule has 176 valence electrons. The first-order valence-electron chi connectivity index (χ1n) is 10.9. The minimum Gasteiger partial charge on any atom is -0.351 e. The molecule has 7 nitrogen and oxygen atoms in total. The fourth-order valence-electron chi connectivity index (χ4n) is 3.33. The predicted octanol–water partition coefficient (Wildman–Crippen LogP) is 5.35. The van der Waals surface area contributed by atoms with Crippen LogP contribution in [0.3, 0.4) is 0 Å². The van der Waals surface area contributed by atoms with Crippen molar-refractivity contribution in [2.75, 3.05) is 6.54 Å². The van der Waals surface area contributed by atoms with E-state index in [2.05, 4.69) is 46.4 Å². The van der Waals surface area contributed by atoms with Crippen LogP contribution < -0.4 is 10.6 Å². The number of rotatable bonds is 6. The second-order valence-electron chi connectivity index (χ2n) is 9.27. The molecule has 0 unspecified atom stereocenters. The zero-order valence-electron chi connectivity index (χ0n) is 19.5. The Kier molecular flexibility index (Phi) is 6.72. The zero-order valence-corrected chi connectivity index (χ0v) is 21.0. The van der Waals surface area contributed by atoms with Gasteiger partial charge in [0.1, 0.15) is 5.52 Å². The van der Waals surface area contributed by atoms with Crippen LogP contribution in [-0.4, -0.2) is 33.3 Å². The summed E-state index contributed by atoms with van der Waals surface area (Å²) in [4.78, 5) is 38.8. The van der Waals surface area contributed by atoms with Gasteiger partial charge in [0.05, 0.1) is 27.2 Å². The van der Waals surface area contributed by atoms with Gasteiger partial charge in [-0.3, -0.25) is 9.59 Å². The lowest BCUT2D eigenvalue weighted by Crippen LogP contribution is -2.32. The number of carbonyl (C=O) groups is 2. The first kappa shape index (κ1) is 23.9. The lowest BCUT2D eigenvalue weighted by Gasteiger charge is -2.18. The number of aromatic amines is 1. The lowest BCUT2D eigenvalue weighted by molar-refractivity contribution is 0.0937. The quantitative estimate of drug-likeness (QED) is 0.335. The second kappa shape index (κ2) is 9.56. The molecule has 3 N–H and O–H groups in total. The molecule has 34 heavy (non-hydrogen) atoms. The second-order valence-corrected chi connectivity index (χ2v) is 10.8. The van der Waals surface area contributed by atoms with E-state index in [1.807, 2.05) is 31.2 Å². The Labute approximate surface area is 207 Å². The van der Waals surface area contributed by atoms with E-state index in [4.69, 9.17) is 11.6 Å². The van der Waals surface area contributed by atoms with Gasteiger partial charge in [-0.1, -0.05) is 44.5 Å². The number of aromatic nitrogens is 3. The largest absolute Gasteiger partial charge is 0.351 e. The van der Waals surface area contributed by atoms with Gasteiger partial charge < -0.3 is 15.6 Å². The average Bonchev–Trinajstić information content (AvgIpc) is 3.45. The Morgan fingerprint density at radius 3 is 2.68 bits per heavy atom. The topological polar surface area (TPSA) is 99.8 Å². The number of hydrogen-bond acceptors (Lipinski definition) is 5. The summed E-state index contributed by atoms with van der Waals surface area (Å²) in [6, 6.07) is 9.24. The van der Waals surface area contributed by atoms with Crippen LogP contribution in [0.25, 0.3) is 21.7 Å². The first-order valence-corrected chi connectivity index (χ1v) is 12.1. The van der Waals surface area contributed by atoms with Crippen LogP contribution in [0.2, 0.25) is 5.02 Å². The number of hydrogen-bond donors (Lipinski definition) is 3. The molecule has 0 aliphatic carbocycles. The van der Waals surface area contributed by atoms with Crippen LogP contribution in [0.5, 0.6) is 0 Å². The van der Waals surface area contributed by atoms with Crippen molar-refractivity contribution < 1.29 is 9.59 Å². The highest BCUT2D eigenvalue weighted by atomic mass is 35.5. The molecule has 0 saturated heterocycles. The van der Waals surface area contributed by atoms with Gasteiger partial charge in [-0.25, -0.2) is 9.97 Å². The van der Waals surface area contributed by atoms with Crippen molar-refractivity contribution in [3.63, 3.8) is 0 Å². The Morgan fingerprint density at radius 1 is 1.12 bits per heavy atom. The van der Waals surface area contributed by atoms with Crippen molar-refractivity contribution in [2.24, 2.45) is 5.41 Å². The molecule has 0 aliphatic heterocycles. The number of carbonyl (C=O) groups excluding carboxylic acids is 2.